The van der Waals surface area contributed by atoms with Crippen molar-refractivity contribution in [3.8, 4) is 0 Å². The number of rotatable bonds is 5. The SMILES string of the molecule is CN=C(NCCCCn1c(C)cccc1=O)N1CCc2ccccc2C1.I. The second-order valence-corrected chi connectivity index (χ2v) is 6.78. The number of hydrogen-bond acceptors (Lipinski definition) is 2. The maximum atomic E-state index is 11.9. The zero-order valence-corrected chi connectivity index (χ0v) is 18.5. The standard InChI is InChI=1S/C21H28N4O.HI/c1-17-8-7-11-20(26)25(17)14-6-5-13-23-21(22-2)24-15-12-18-9-3-4-10-19(18)16-24;/h3-4,7-11H,5-6,12-16H2,1-2H3,(H,22,23);1H. The molecule has 0 unspecified atom stereocenters. The Hall–Kier alpha value is -1.83. The molecule has 3 rings (SSSR count). The van der Waals surface area contributed by atoms with Crippen LogP contribution in [0, 0.1) is 6.92 Å². The number of aliphatic imine (C=N–C) groups is 1. The Morgan fingerprint density at radius 2 is 1.89 bits per heavy atom. The lowest BCUT2D eigenvalue weighted by atomic mass is 10.0. The summed E-state index contributed by atoms with van der Waals surface area (Å²) in [7, 11) is 1.84. The van der Waals surface area contributed by atoms with Crippen molar-refractivity contribution in [2.24, 2.45) is 4.99 Å². The van der Waals surface area contributed by atoms with E-state index in [-0.39, 0.29) is 29.5 Å². The van der Waals surface area contributed by atoms with Crippen LogP contribution in [0.1, 0.15) is 29.7 Å². The maximum absolute atomic E-state index is 11.9. The van der Waals surface area contributed by atoms with Gasteiger partial charge in [0.2, 0.25) is 0 Å². The Balaban J connectivity index is 0.00000261. The third-order valence-corrected chi connectivity index (χ3v) is 5.00. The quantitative estimate of drug-likeness (QED) is 0.310. The van der Waals surface area contributed by atoms with E-state index in [9.17, 15) is 4.79 Å². The van der Waals surface area contributed by atoms with Crippen LogP contribution in [0.4, 0.5) is 0 Å². The number of benzene rings is 1. The number of nitrogens with zero attached hydrogens (tertiary/aromatic N) is 3. The third-order valence-electron chi connectivity index (χ3n) is 5.00. The molecular formula is C21H29IN4O. The predicted octanol–water partition coefficient (Wildman–Crippen LogP) is 3.19. The molecule has 1 aromatic heterocycles. The van der Waals surface area contributed by atoms with Crippen LogP contribution in [-0.2, 0) is 19.5 Å². The van der Waals surface area contributed by atoms with Gasteiger partial charge in [0.25, 0.3) is 5.56 Å². The van der Waals surface area contributed by atoms with Crippen LogP contribution >= 0.6 is 24.0 Å². The van der Waals surface area contributed by atoms with E-state index in [1.54, 1.807) is 6.07 Å². The Bertz CT molecular complexity index is 831. The van der Waals surface area contributed by atoms with Gasteiger partial charge in [-0.15, -0.1) is 24.0 Å². The molecule has 1 aromatic carbocycles. The zero-order valence-electron chi connectivity index (χ0n) is 16.1. The van der Waals surface area contributed by atoms with Gasteiger partial charge in [-0.3, -0.25) is 9.79 Å². The van der Waals surface area contributed by atoms with Gasteiger partial charge in [-0.05, 0) is 43.4 Å². The number of unbranched alkanes of at least 4 members (excludes halogenated alkanes) is 1. The molecule has 27 heavy (non-hydrogen) atoms. The van der Waals surface area contributed by atoms with Gasteiger partial charge in [-0.1, -0.05) is 30.3 Å². The summed E-state index contributed by atoms with van der Waals surface area (Å²) in [6, 6.07) is 14.1. The van der Waals surface area contributed by atoms with Crippen LogP contribution in [-0.4, -0.2) is 35.6 Å². The minimum atomic E-state index is 0. The molecule has 1 aliphatic heterocycles. The fraction of sp³-hybridized carbons (Fsp3) is 0.429. The molecule has 0 aliphatic carbocycles. The van der Waals surface area contributed by atoms with E-state index in [0.29, 0.717) is 0 Å². The molecule has 0 fully saturated rings. The van der Waals surface area contributed by atoms with Crippen molar-refractivity contribution >= 4 is 29.9 Å². The molecule has 1 N–H and O–H groups in total. The van der Waals surface area contributed by atoms with Crippen LogP contribution in [0.2, 0.25) is 0 Å². The fourth-order valence-electron chi connectivity index (χ4n) is 3.51. The van der Waals surface area contributed by atoms with Gasteiger partial charge in [0.15, 0.2) is 5.96 Å². The molecule has 0 saturated heterocycles. The molecule has 0 bridgehead atoms. The van der Waals surface area contributed by atoms with Crippen LogP contribution in [0.3, 0.4) is 0 Å². The Kier molecular flexibility index (Phi) is 8.34. The Labute approximate surface area is 178 Å². The number of pyridine rings is 1. The third kappa shape index (κ3) is 5.57. The first kappa shape index (κ1) is 21.5. The van der Waals surface area contributed by atoms with E-state index in [2.05, 4.69) is 39.5 Å². The molecule has 2 aromatic rings. The van der Waals surface area contributed by atoms with Gasteiger partial charge >= 0.3 is 0 Å². The summed E-state index contributed by atoms with van der Waals surface area (Å²) in [5, 5.41) is 3.47. The number of fused-ring (bicyclic) bond motifs is 1. The van der Waals surface area contributed by atoms with Gasteiger partial charge in [-0.25, -0.2) is 0 Å². The van der Waals surface area contributed by atoms with Crippen molar-refractivity contribution < 1.29 is 0 Å². The predicted molar refractivity (Wildman–Crippen MR) is 122 cm³/mol. The summed E-state index contributed by atoms with van der Waals surface area (Å²) in [4.78, 5) is 18.6. The number of aryl methyl sites for hydroxylation is 1. The molecule has 0 atom stereocenters. The molecule has 146 valence electrons. The van der Waals surface area contributed by atoms with E-state index < -0.39 is 0 Å². The largest absolute Gasteiger partial charge is 0.356 e. The highest BCUT2D eigenvalue weighted by Gasteiger charge is 2.18. The van der Waals surface area contributed by atoms with E-state index in [0.717, 1.165) is 57.1 Å². The summed E-state index contributed by atoms with van der Waals surface area (Å²) < 4.78 is 1.84. The first-order chi connectivity index (χ1) is 12.7. The molecule has 6 heteroatoms. The molecule has 0 radical (unpaired) electrons. The lowest BCUT2D eigenvalue weighted by molar-refractivity contribution is 0.378. The molecule has 2 heterocycles. The smallest absolute Gasteiger partial charge is 0.250 e. The normalized spacial score (nSPS) is 13.7. The van der Waals surface area contributed by atoms with Gasteiger partial charge in [-0.2, -0.15) is 0 Å². The van der Waals surface area contributed by atoms with E-state index >= 15 is 0 Å². The number of hydrogen-bond donors (Lipinski definition) is 1. The summed E-state index contributed by atoms with van der Waals surface area (Å²) in [5.41, 5.74) is 3.94. The second-order valence-electron chi connectivity index (χ2n) is 6.78. The number of aromatic nitrogens is 1. The molecule has 0 saturated carbocycles. The van der Waals surface area contributed by atoms with E-state index in [4.69, 9.17) is 0 Å². The van der Waals surface area contributed by atoms with Gasteiger partial charge < -0.3 is 14.8 Å². The van der Waals surface area contributed by atoms with Crippen molar-refractivity contribution in [1.82, 2.24) is 14.8 Å². The zero-order chi connectivity index (χ0) is 18.4. The Morgan fingerprint density at radius 3 is 2.63 bits per heavy atom. The average Bonchev–Trinajstić information content (AvgIpc) is 2.66. The summed E-state index contributed by atoms with van der Waals surface area (Å²) >= 11 is 0. The van der Waals surface area contributed by atoms with Crippen molar-refractivity contribution in [3.05, 3.63) is 69.6 Å². The Morgan fingerprint density at radius 1 is 1.11 bits per heavy atom. The molecule has 1 aliphatic rings. The molecule has 0 amide bonds. The number of halogens is 1. The summed E-state index contributed by atoms with van der Waals surface area (Å²) in [6.45, 7) is 5.52. The lowest BCUT2D eigenvalue weighted by Gasteiger charge is -2.31. The van der Waals surface area contributed by atoms with Crippen LogP contribution in [0.5, 0.6) is 0 Å². The van der Waals surface area contributed by atoms with Crippen molar-refractivity contribution in [3.63, 3.8) is 0 Å². The fourth-order valence-corrected chi connectivity index (χ4v) is 3.51. The van der Waals surface area contributed by atoms with Crippen LogP contribution < -0.4 is 10.9 Å². The minimum Gasteiger partial charge on any atom is -0.356 e. The van der Waals surface area contributed by atoms with Crippen molar-refractivity contribution in [2.45, 2.75) is 39.3 Å². The second kappa shape index (κ2) is 10.5. The highest BCUT2D eigenvalue weighted by molar-refractivity contribution is 14.0. The summed E-state index contributed by atoms with van der Waals surface area (Å²) in [6.07, 6.45) is 3.04. The van der Waals surface area contributed by atoms with E-state index in [1.807, 2.05) is 30.7 Å². The lowest BCUT2D eigenvalue weighted by Crippen LogP contribution is -2.44. The van der Waals surface area contributed by atoms with Crippen LogP contribution in [0.25, 0.3) is 0 Å². The monoisotopic (exact) mass is 480 g/mol. The van der Waals surface area contributed by atoms with E-state index in [1.165, 1.54) is 11.1 Å². The molecule has 0 spiro atoms. The molecule has 5 nitrogen and oxygen atoms in total. The van der Waals surface area contributed by atoms with Gasteiger partial charge in [0, 0.05) is 45.0 Å². The van der Waals surface area contributed by atoms with Gasteiger partial charge in [0.1, 0.15) is 0 Å². The number of guanidine groups is 1. The first-order valence-electron chi connectivity index (χ1n) is 9.38. The van der Waals surface area contributed by atoms with Gasteiger partial charge in [0.05, 0.1) is 0 Å². The minimum absolute atomic E-state index is 0. The highest BCUT2D eigenvalue weighted by atomic mass is 127. The number of nitrogens with one attached hydrogen (secondary N) is 1. The van der Waals surface area contributed by atoms with Crippen molar-refractivity contribution in [2.75, 3.05) is 20.1 Å². The maximum Gasteiger partial charge on any atom is 0.250 e. The topological polar surface area (TPSA) is 49.6 Å². The van der Waals surface area contributed by atoms with Crippen LogP contribution in [0.15, 0.2) is 52.3 Å². The average molecular weight is 480 g/mol. The summed E-state index contributed by atoms with van der Waals surface area (Å²) in [5.74, 6) is 0.965. The molecular weight excluding hydrogens is 451 g/mol. The van der Waals surface area contributed by atoms with Crippen molar-refractivity contribution in [1.29, 1.82) is 0 Å². The first-order valence-corrected chi connectivity index (χ1v) is 9.38. The highest BCUT2D eigenvalue weighted by Crippen LogP contribution is 2.18.